The van der Waals surface area contributed by atoms with Crippen molar-refractivity contribution in [3.63, 3.8) is 0 Å². The fraction of sp³-hybridized carbons (Fsp3) is 0.300. The Morgan fingerprint density at radius 2 is 1.02 bits per heavy atom. The average molecular weight is 798 g/mol. The summed E-state index contributed by atoms with van der Waals surface area (Å²) in [6, 6.07) is 58.2. The predicted molar refractivity (Wildman–Crippen MR) is 263 cm³/mol. The van der Waals surface area contributed by atoms with E-state index in [0.29, 0.717) is 5.92 Å². The van der Waals surface area contributed by atoms with Gasteiger partial charge in [0.15, 0.2) is 0 Å². The van der Waals surface area contributed by atoms with Crippen molar-refractivity contribution in [1.82, 2.24) is 0 Å². The minimum atomic E-state index is -0.104. The number of benzene rings is 7. The second kappa shape index (κ2) is 15.7. The van der Waals surface area contributed by atoms with Crippen molar-refractivity contribution in [2.24, 2.45) is 0 Å². The lowest BCUT2D eigenvalue weighted by Crippen LogP contribution is -2.17. The molecule has 0 atom stereocenters. The first kappa shape index (κ1) is 40.7. The Hall–Kier alpha value is -5.66. The normalized spacial score (nSPS) is 15.0. The molecule has 1 heteroatoms. The Kier molecular flexibility index (Phi) is 10.5. The first-order valence-corrected chi connectivity index (χ1v) is 22.8. The van der Waals surface area contributed by atoms with Crippen molar-refractivity contribution in [2.75, 3.05) is 4.90 Å². The second-order valence-corrected chi connectivity index (χ2v) is 20.7. The van der Waals surface area contributed by atoms with Gasteiger partial charge in [-0.15, -0.1) is 0 Å². The summed E-state index contributed by atoms with van der Waals surface area (Å²) in [4.78, 5) is 2.47. The Labute approximate surface area is 366 Å². The Morgan fingerprint density at radius 1 is 0.443 bits per heavy atom. The van der Waals surface area contributed by atoms with Gasteiger partial charge in [-0.3, -0.25) is 0 Å². The fourth-order valence-electron chi connectivity index (χ4n) is 10.1. The molecule has 0 unspecified atom stereocenters. The van der Waals surface area contributed by atoms with Crippen LogP contribution in [0, 0.1) is 6.92 Å². The molecule has 61 heavy (non-hydrogen) atoms. The maximum absolute atomic E-state index is 2.47. The van der Waals surface area contributed by atoms with Crippen molar-refractivity contribution >= 4 is 17.1 Å². The standard InChI is InChI=1S/C60H63N/c1-40-32-47(46-19-15-18-45(34-46)43-24-22-42(23-25-43)41-16-11-10-12-17-41)37-53(33-40)61(52-30-31-55-54-20-13-14-21-56(54)60(8,9)57(55)39-52)51-28-26-44(27-29-51)48-35-49(58(2,3)4)38-50(36-48)59(5,6)7/h13-15,18-39,41H,10-12,16-17H2,1-9H3. The number of hydrogen-bond donors (Lipinski definition) is 0. The predicted octanol–water partition coefficient (Wildman–Crippen LogP) is 17.4. The molecule has 0 radical (unpaired) electrons. The van der Waals surface area contributed by atoms with E-state index in [1.807, 2.05) is 0 Å². The smallest absolute Gasteiger partial charge is 0.0470 e. The third-order valence-electron chi connectivity index (χ3n) is 13.8. The number of fused-ring (bicyclic) bond motifs is 3. The molecule has 1 fully saturated rings. The van der Waals surface area contributed by atoms with Crippen LogP contribution < -0.4 is 4.90 Å². The third kappa shape index (κ3) is 8.01. The summed E-state index contributed by atoms with van der Waals surface area (Å²) in [5, 5.41) is 0. The molecule has 7 aromatic rings. The van der Waals surface area contributed by atoms with Gasteiger partial charge in [0.1, 0.15) is 0 Å². The highest BCUT2D eigenvalue weighted by molar-refractivity contribution is 5.87. The number of nitrogens with zero attached hydrogens (tertiary/aromatic N) is 1. The molecule has 1 saturated carbocycles. The molecule has 0 aromatic heterocycles. The molecule has 2 aliphatic carbocycles. The van der Waals surface area contributed by atoms with E-state index >= 15 is 0 Å². The third-order valence-corrected chi connectivity index (χ3v) is 13.8. The van der Waals surface area contributed by atoms with Crippen molar-refractivity contribution in [3.05, 3.63) is 185 Å². The van der Waals surface area contributed by atoms with Crippen LogP contribution in [0.4, 0.5) is 17.1 Å². The van der Waals surface area contributed by atoms with Gasteiger partial charge in [0.25, 0.3) is 0 Å². The molecule has 0 saturated heterocycles. The first-order valence-electron chi connectivity index (χ1n) is 22.8. The molecular formula is C60H63N. The van der Waals surface area contributed by atoms with Crippen LogP contribution >= 0.6 is 0 Å². The molecule has 0 amide bonds. The van der Waals surface area contributed by atoms with Crippen LogP contribution in [0.1, 0.15) is 127 Å². The van der Waals surface area contributed by atoms with Gasteiger partial charge in [0.2, 0.25) is 0 Å². The van der Waals surface area contributed by atoms with Crippen molar-refractivity contribution in [3.8, 4) is 44.5 Å². The highest BCUT2D eigenvalue weighted by Gasteiger charge is 2.36. The van der Waals surface area contributed by atoms with Crippen molar-refractivity contribution < 1.29 is 0 Å². The van der Waals surface area contributed by atoms with E-state index in [2.05, 4.69) is 219 Å². The molecule has 9 rings (SSSR count). The van der Waals surface area contributed by atoms with E-state index in [-0.39, 0.29) is 16.2 Å². The summed E-state index contributed by atoms with van der Waals surface area (Å²) in [5.74, 6) is 0.715. The maximum Gasteiger partial charge on any atom is 0.0470 e. The van der Waals surface area contributed by atoms with Gasteiger partial charge in [-0.25, -0.2) is 0 Å². The molecule has 0 bridgehead atoms. The second-order valence-electron chi connectivity index (χ2n) is 20.7. The highest BCUT2D eigenvalue weighted by Crippen LogP contribution is 2.51. The van der Waals surface area contributed by atoms with Crippen molar-refractivity contribution in [1.29, 1.82) is 0 Å². The van der Waals surface area contributed by atoms with Gasteiger partial charge in [-0.1, -0.05) is 184 Å². The van der Waals surface area contributed by atoms with Crippen molar-refractivity contribution in [2.45, 2.75) is 117 Å². The molecule has 2 aliphatic rings. The molecule has 0 heterocycles. The molecule has 308 valence electrons. The molecule has 1 nitrogen and oxygen atoms in total. The lowest BCUT2D eigenvalue weighted by molar-refractivity contribution is 0.443. The quantitative estimate of drug-likeness (QED) is 0.155. The SMILES string of the molecule is Cc1cc(-c2cccc(-c3ccc(C4CCCCC4)cc3)c2)cc(N(c2ccc(-c3cc(C(C)(C)C)cc(C(C)(C)C)c3)cc2)c2ccc3c(c2)C(C)(C)c2ccccc2-3)c1. The van der Waals surface area contributed by atoms with Crippen LogP contribution in [0.2, 0.25) is 0 Å². The number of anilines is 3. The van der Waals surface area contributed by atoms with Gasteiger partial charge in [-0.2, -0.15) is 0 Å². The Bertz CT molecular complexity index is 2670. The summed E-state index contributed by atoms with van der Waals surface area (Å²) < 4.78 is 0. The van der Waals surface area contributed by atoms with Gasteiger partial charge in [0, 0.05) is 22.5 Å². The van der Waals surface area contributed by atoms with Crippen LogP contribution in [-0.2, 0) is 16.2 Å². The first-order chi connectivity index (χ1) is 29.1. The summed E-state index contributed by atoms with van der Waals surface area (Å²) in [5.41, 5.74) is 21.9. The number of rotatable bonds is 7. The summed E-state index contributed by atoms with van der Waals surface area (Å²) in [6.07, 6.45) is 6.76. The molecule has 0 spiro atoms. The molecular weight excluding hydrogens is 735 g/mol. The van der Waals surface area contributed by atoms with Crippen LogP contribution in [0.5, 0.6) is 0 Å². The Morgan fingerprint density at radius 3 is 1.69 bits per heavy atom. The summed E-state index contributed by atoms with van der Waals surface area (Å²) >= 11 is 0. The lowest BCUT2D eigenvalue weighted by Gasteiger charge is -2.29. The monoisotopic (exact) mass is 797 g/mol. The topological polar surface area (TPSA) is 3.24 Å². The lowest BCUT2D eigenvalue weighted by atomic mass is 9.79. The zero-order valence-corrected chi connectivity index (χ0v) is 38.0. The number of hydrogen-bond acceptors (Lipinski definition) is 1. The van der Waals surface area contributed by atoms with Crippen LogP contribution in [0.25, 0.3) is 44.5 Å². The fourth-order valence-corrected chi connectivity index (χ4v) is 10.1. The van der Waals surface area contributed by atoms with Crippen LogP contribution in [0.3, 0.4) is 0 Å². The van der Waals surface area contributed by atoms with E-state index in [9.17, 15) is 0 Å². The van der Waals surface area contributed by atoms with E-state index in [1.165, 1.54) is 116 Å². The number of aryl methyl sites for hydroxylation is 1. The molecule has 0 aliphatic heterocycles. The molecule has 7 aromatic carbocycles. The zero-order valence-electron chi connectivity index (χ0n) is 38.0. The minimum absolute atomic E-state index is 0.0509. The van der Waals surface area contributed by atoms with Gasteiger partial charge >= 0.3 is 0 Å². The molecule has 0 N–H and O–H groups in total. The van der Waals surface area contributed by atoms with E-state index in [0.717, 1.165) is 11.4 Å². The summed E-state index contributed by atoms with van der Waals surface area (Å²) in [6.45, 7) is 20.9. The van der Waals surface area contributed by atoms with Crippen LogP contribution in [-0.4, -0.2) is 0 Å². The van der Waals surface area contributed by atoms with E-state index in [1.54, 1.807) is 0 Å². The largest absolute Gasteiger partial charge is 0.310 e. The van der Waals surface area contributed by atoms with E-state index < -0.39 is 0 Å². The Balaban J connectivity index is 1.13. The maximum atomic E-state index is 2.47. The van der Waals surface area contributed by atoms with Gasteiger partial charge in [0.05, 0.1) is 0 Å². The van der Waals surface area contributed by atoms with Crippen LogP contribution in [0.15, 0.2) is 152 Å². The van der Waals surface area contributed by atoms with Gasteiger partial charge < -0.3 is 4.90 Å². The minimum Gasteiger partial charge on any atom is -0.310 e. The zero-order chi connectivity index (χ0) is 42.7. The summed E-state index contributed by atoms with van der Waals surface area (Å²) in [7, 11) is 0. The highest BCUT2D eigenvalue weighted by atomic mass is 15.1. The average Bonchev–Trinajstić information content (AvgIpc) is 3.49. The van der Waals surface area contributed by atoms with Gasteiger partial charge in [-0.05, 0) is 157 Å². The van der Waals surface area contributed by atoms with E-state index in [4.69, 9.17) is 0 Å².